The molecule has 6 nitrogen and oxygen atoms in total. The summed E-state index contributed by atoms with van der Waals surface area (Å²) in [5.74, 6) is -0.00454. The molecule has 6 heteroatoms. The van der Waals surface area contributed by atoms with Gasteiger partial charge in [0.1, 0.15) is 0 Å². The fraction of sp³-hybridized carbons (Fsp3) is 0.714. The van der Waals surface area contributed by atoms with Crippen molar-refractivity contribution in [3.05, 3.63) is 11.8 Å². The van der Waals surface area contributed by atoms with Gasteiger partial charge in [-0.1, -0.05) is 0 Å². The number of hydrogen-bond acceptors (Lipinski definition) is 4. The second kappa shape index (κ2) is 5.09. The number of nitrogens with zero attached hydrogens (tertiary/aromatic N) is 2. The zero-order chi connectivity index (χ0) is 14.3. The minimum absolute atomic E-state index is 0.00594. The number of likely N-dealkylation sites (tertiary alicyclic amines) is 1. The van der Waals surface area contributed by atoms with Gasteiger partial charge >= 0.3 is 0 Å². The quantitative estimate of drug-likeness (QED) is 0.727. The molecule has 20 heavy (non-hydrogen) atoms. The van der Waals surface area contributed by atoms with Gasteiger partial charge in [0.2, 0.25) is 11.8 Å². The Bertz CT molecular complexity index is 463. The molecule has 3 aliphatic rings. The molecule has 3 heterocycles. The van der Waals surface area contributed by atoms with Crippen molar-refractivity contribution in [2.45, 2.75) is 44.3 Å². The van der Waals surface area contributed by atoms with E-state index in [0.717, 1.165) is 25.1 Å². The lowest BCUT2D eigenvalue weighted by Crippen LogP contribution is -2.44. The molecule has 0 aromatic heterocycles. The molecule has 0 unspecified atom stereocenters. The Morgan fingerprint density at radius 2 is 2.20 bits per heavy atom. The minimum Gasteiger partial charge on any atom is -0.394 e. The molecule has 0 bridgehead atoms. The Labute approximate surface area is 118 Å². The molecule has 3 atom stereocenters. The van der Waals surface area contributed by atoms with E-state index in [1.165, 1.54) is 0 Å². The van der Waals surface area contributed by atoms with E-state index in [1.807, 2.05) is 6.92 Å². The summed E-state index contributed by atoms with van der Waals surface area (Å²) in [5.41, 5.74) is 0.984. The first kappa shape index (κ1) is 13.4. The van der Waals surface area contributed by atoms with Crippen molar-refractivity contribution in [3.8, 4) is 0 Å². The molecule has 2 saturated heterocycles. The SMILES string of the molecule is C[C@@H]1NC(=O)C[C@@H]1N1CC(N2CCC[C@@H]2CO)=CC1=O. The summed E-state index contributed by atoms with van der Waals surface area (Å²) in [6, 6.07) is 0.0834. The molecule has 0 aromatic rings. The monoisotopic (exact) mass is 279 g/mol. The lowest BCUT2D eigenvalue weighted by Gasteiger charge is -2.30. The van der Waals surface area contributed by atoms with Gasteiger partial charge in [0.15, 0.2) is 0 Å². The first-order chi connectivity index (χ1) is 9.60. The van der Waals surface area contributed by atoms with E-state index in [9.17, 15) is 14.7 Å². The number of rotatable bonds is 3. The zero-order valence-corrected chi connectivity index (χ0v) is 11.7. The van der Waals surface area contributed by atoms with E-state index in [4.69, 9.17) is 0 Å². The summed E-state index contributed by atoms with van der Waals surface area (Å²) in [5, 5.41) is 12.3. The van der Waals surface area contributed by atoms with Crippen LogP contribution in [0.15, 0.2) is 11.8 Å². The van der Waals surface area contributed by atoms with Gasteiger partial charge in [0.05, 0.1) is 25.2 Å². The van der Waals surface area contributed by atoms with Gasteiger partial charge in [0, 0.05) is 30.8 Å². The van der Waals surface area contributed by atoms with Crippen molar-refractivity contribution in [2.24, 2.45) is 0 Å². The number of aliphatic hydroxyl groups excluding tert-OH is 1. The van der Waals surface area contributed by atoms with Crippen LogP contribution in [0, 0.1) is 0 Å². The van der Waals surface area contributed by atoms with Gasteiger partial charge < -0.3 is 20.2 Å². The van der Waals surface area contributed by atoms with Crippen LogP contribution in [-0.2, 0) is 9.59 Å². The summed E-state index contributed by atoms with van der Waals surface area (Å²) in [6.45, 7) is 3.52. The van der Waals surface area contributed by atoms with Crippen molar-refractivity contribution < 1.29 is 14.7 Å². The van der Waals surface area contributed by atoms with Crippen molar-refractivity contribution >= 4 is 11.8 Å². The maximum Gasteiger partial charge on any atom is 0.249 e. The first-order valence-corrected chi connectivity index (χ1v) is 7.28. The fourth-order valence-electron chi connectivity index (χ4n) is 3.54. The lowest BCUT2D eigenvalue weighted by molar-refractivity contribution is -0.126. The Morgan fingerprint density at radius 3 is 2.85 bits per heavy atom. The van der Waals surface area contributed by atoms with Gasteiger partial charge in [-0.3, -0.25) is 9.59 Å². The molecule has 0 saturated carbocycles. The summed E-state index contributed by atoms with van der Waals surface area (Å²) in [7, 11) is 0. The van der Waals surface area contributed by atoms with E-state index in [1.54, 1.807) is 11.0 Å². The average Bonchev–Trinajstić information content (AvgIpc) is 3.07. The van der Waals surface area contributed by atoms with Crippen LogP contribution in [0.2, 0.25) is 0 Å². The highest BCUT2D eigenvalue weighted by Crippen LogP contribution is 2.28. The van der Waals surface area contributed by atoms with Gasteiger partial charge in [-0.05, 0) is 19.8 Å². The number of aliphatic hydroxyl groups is 1. The molecular formula is C14H21N3O3. The van der Waals surface area contributed by atoms with Crippen molar-refractivity contribution in [1.82, 2.24) is 15.1 Å². The highest BCUT2D eigenvalue weighted by molar-refractivity contribution is 5.92. The maximum absolute atomic E-state index is 12.2. The van der Waals surface area contributed by atoms with Crippen molar-refractivity contribution in [3.63, 3.8) is 0 Å². The van der Waals surface area contributed by atoms with Crippen LogP contribution < -0.4 is 5.32 Å². The van der Waals surface area contributed by atoms with Crippen LogP contribution >= 0.6 is 0 Å². The molecule has 3 aliphatic heterocycles. The minimum atomic E-state index is -0.0565. The molecule has 2 amide bonds. The topological polar surface area (TPSA) is 72.9 Å². The molecule has 2 N–H and O–H groups in total. The standard InChI is InChI=1S/C14H21N3O3/c1-9-12(6-13(19)15-9)17-7-11(5-14(17)20)16-4-2-3-10(16)8-18/h5,9-10,12,18H,2-4,6-8H2,1H3,(H,15,19)/t9-,10+,12-/m0/s1. The lowest BCUT2D eigenvalue weighted by atomic mass is 10.1. The van der Waals surface area contributed by atoms with Gasteiger partial charge in [-0.2, -0.15) is 0 Å². The second-order valence-corrected chi connectivity index (χ2v) is 5.90. The molecule has 0 spiro atoms. The number of hydrogen-bond donors (Lipinski definition) is 2. The van der Waals surface area contributed by atoms with E-state index >= 15 is 0 Å². The van der Waals surface area contributed by atoms with E-state index < -0.39 is 0 Å². The average molecular weight is 279 g/mol. The van der Waals surface area contributed by atoms with Crippen LogP contribution in [0.5, 0.6) is 0 Å². The highest BCUT2D eigenvalue weighted by Gasteiger charge is 2.40. The Hall–Kier alpha value is -1.56. The summed E-state index contributed by atoms with van der Waals surface area (Å²) in [6.07, 6.45) is 4.08. The molecule has 110 valence electrons. The summed E-state index contributed by atoms with van der Waals surface area (Å²) in [4.78, 5) is 27.6. The van der Waals surface area contributed by atoms with Crippen LogP contribution in [0.25, 0.3) is 0 Å². The van der Waals surface area contributed by atoms with Crippen LogP contribution in [0.4, 0.5) is 0 Å². The van der Waals surface area contributed by atoms with Crippen LogP contribution in [0.3, 0.4) is 0 Å². The molecule has 2 fully saturated rings. The maximum atomic E-state index is 12.2. The van der Waals surface area contributed by atoms with Crippen molar-refractivity contribution in [2.75, 3.05) is 19.7 Å². The summed E-state index contributed by atoms with van der Waals surface area (Å²) >= 11 is 0. The Kier molecular flexibility index (Phi) is 3.41. The van der Waals surface area contributed by atoms with E-state index in [-0.39, 0.29) is 36.5 Å². The Balaban J connectivity index is 1.71. The number of carbonyl (C=O) groups excluding carboxylic acids is 2. The van der Waals surface area contributed by atoms with Crippen molar-refractivity contribution in [1.29, 1.82) is 0 Å². The molecule has 3 rings (SSSR count). The molecule has 0 aromatic carbocycles. The molecular weight excluding hydrogens is 258 g/mol. The first-order valence-electron chi connectivity index (χ1n) is 7.28. The smallest absolute Gasteiger partial charge is 0.249 e. The largest absolute Gasteiger partial charge is 0.394 e. The zero-order valence-electron chi connectivity index (χ0n) is 11.7. The van der Waals surface area contributed by atoms with Crippen LogP contribution in [-0.4, -0.2) is 64.5 Å². The van der Waals surface area contributed by atoms with Gasteiger partial charge in [-0.15, -0.1) is 0 Å². The predicted octanol–water partition coefficient (Wildman–Crippen LogP) is -0.554. The van der Waals surface area contributed by atoms with E-state index in [0.29, 0.717) is 13.0 Å². The fourth-order valence-corrected chi connectivity index (χ4v) is 3.54. The molecule has 0 aliphatic carbocycles. The van der Waals surface area contributed by atoms with E-state index in [2.05, 4.69) is 10.2 Å². The predicted molar refractivity (Wildman–Crippen MR) is 72.6 cm³/mol. The van der Waals surface area contributed by atoms with Crippen LogP contribution in [0.1, 0.15) is 26.2 Å². The third-order valence-corrected chi connectivity index (χ3v) is 4.62. The Morgan fingerprint density at radius 1 is 1.40 bits per heavy atom. The van der Waals surface area contributed by atoms with Gasteiger partial charge in [-0.25, -0.2) is 0 Å². The molecule has 0 radical (unpaired) electrons. The normalized spacial score (nSPS) is 33.9. The van der Waals surface area contributed by atoms with Gasteiger partial charge in [0.25, 0.3) is 0 Å². The number of amides is 2. The third kappa shape index (κ3) is 2.18. The highest BCUT2D eigenvalue weighted by atomic mass is 16.3. The number of nitrogens with one attached hydrogen (secondary N) is 1. The second-order valence-electron chi connectivity index (χ2n) is 5.90. The number of carbonyl (C=O) groups is 2. The summed E-state index contributed by atoms with van der Waals surface area (Å²) < 4.78 is 0. The third-order valence-electron chi connectivity index (χ3n) is 4.62.